The van der Waals surface area contributed by atoms with Crippen molar-refractivity contribution in [2.45, 2.75) is 0 Å². The zero-order valence-electron chi connectivity index (χ0n) is 14.4. The van der Waals surface area contributed by atoms with E-state index in [-0.39, 0.29) is 5.97 Å². The summed E-state index contributed by atoms with van der Waals surface area (Å²) >= 11 is 0. The van der Waals surface area contributed by atoms with Crippen LogP contribution >= 0.6 is 0 Å². The zero-order chi connectivity index (χ0) is 17.4. The van der Waals surface area contributed by atoms with Crippen molar-refractivity contribution in [2.75, 3.05) is 34.4 Å². The molecule has 126 valence electrons. The van der Waals surface area contributed by atoms with Crippen LogP contribution in [0.2, 0.25) is 0 Å². The molecule has 2 aromatic rings. The molecule has 0 saturated carbocycles. The van der Waals surface area contributed by atoms with E-state index in [0.717, 1.165) is 16.9 Å². The number of carbonyl (C=O) groups is 1. The molecule has 2 rings (SSSR count). The van der Waals surface area contributed by atoms with Gasteiger partial charge in [-0.1, -0.05) is 42.5 Å². The second kappa shape index (κ2) is 8.89. The van der Waals surface area contributed by atoms with Crippen LogP contribution in [0, 0.1) is 0 Å². The SMILES string of the molecule is COc1ccc(/C(=C\c2ccccc2)C(=O)OCCN(C)C)cc1. The summed E-state index contributed by atoms with van der Waals surface area (Å²) in [6, 6.07) is 17.1. The Morgan fingerprint density at radius 2 is 1.71 bits per heavy atom. The Kier molecular flexibility index (Phi) is 6.58. The van der Waals surface area contributed by atoms with Crippen LogP contribution in [0.3, 0.4) is 0 Å². The number of esters is 1. The number of likely N-dealkylation sites (N-methyl/N-ethyl adjacent to an activating group) is 1. The summed E-state index contributed by atoms with van der Waals surface area (Å²) in [5, 5.41) is 0. The van der Waals surface area contributed by atoms with Crippen molar-refractivity contribution in [3.8, 4) is 5.75 Å². The lowest BCUT2D eigenvalue weighted by atomic mass is 10.0. The molecular weight excluding hydrogens is 302 g/mol. The fourth-order valence-electron chi connectivity index (χ4n) is 2.15. The first-order valence-corrected chi connectivity index (χ1v) is 7.83. The van der Waals surface area contributed by atoms with Gasteiger partial charge >= 0.3 is 5.97 Å². The van der Waals surface area contributed by atoms with Gasteiger partial charge < -0.3 is 14.4 Å². The lowest BCUT2D eigenvalue weighted by molar-refractivity contribution is -0.136. The number of benzene rings is 2. The van der Waals surface area contributed by atoms with Gasteiger partial charge in [0, 0.05) is 6.54 Å². The van der Waals surface area contributed by atoms with Gasteiger partial charge in [-0.3, -0.25) is 0 Å². The van der Waals surface area contributed by atoms with E-state index in [4.69, 9.17) is 9.47 Å². The van der Waals surface area contributed by atoms with Crippen molar-refractivity contribution in [3.05, 3.63) is 65.7 Å². The lowest BCUT2D eigenvalue weighted by Gasteiger charge is -2.12. The van der Waals surface area contributed by atoms with Crippen molar-refractivity contribution in [1.82, 2.24) is 4.90 Å². The largest absolute Gasteiger partial charge is 0.497 e. The van der Waals surface area contributed by atoms with Crippen LogP contribution in [0.25, 0.3) is 11.6 Å². The van der Waals surface area contributed by atoms with E-state index >= 15 is 0 Å². The van der Waals surface area contributed by atoms with E-state index in [2.05, 4.69) is 0 Å². The molecule has 0 aromatic heterocycles. The van der Waals surface area contributed by atoms with Gasteiger partial charge in [-0.05, 0) is 43.4 Å². The molecule has 4 heteroatoms. The van der Waals surface area contributed by atoms with Crippen molar-refractivity contribution in [3.63, 3.8) is 0 Å². The average Bonchev–Trinajstić information content (AvgIpc) is 2.60. The minimum absolute atomic E-state index is 0.328. The maximum absolute atomic E-state index is 12.5. The van der Waals surface area contributed by atoms with Gasteiger partial charge in [0.05, 0.1) is 12.7 Å². The van der Waals surface area contributed by atoms with Crippen LogP contribution < -0.4 is 4.74 Å². The molecular formula is C20H23NO3. The van der Waals surface area contributed by atoms with E-state index in [1.165, 1.54) is 0 Å². The van der Waals surface area contributed by atoms with Crippen LogP contribution in [-0.2, 0) is 9.53 Å². The third kappa shape index (κ3) is 5.25. The summed E-state index contributed by atoms with van der Waals surface area (Å²) in [7, 11) is 5.50. The monoisotopic (exact) mass is 325 g/mol. The number of rotatable bonds is 7. The first-order valence-electron chi connectivity index (χ1n) is 7.83. The van der Waals surface area contributed by atoms with Crippen LogP contribution in [0.4, 0.5) is 0 Å². The molecule has 0 N–H and O–H groups in total. The molecule has 0 radical (unpaired) electrons. The zero-order valence-corrected chi connectivity index (χ0v) is 14.4. The van der Waals surface area contributed by atoms with E-state index in [0.29, 0.717) is 18.7 Å². The molecule has 0 heterocycles. The van der Waals surface area contributed by atoms with E-state index in [1.807, 2.05) is 79.7 Å². The number of hydrogen-bond donors (Lipinski definition) is 0. The van der Waals surface area contributed by atoms with E-state index < -0.39 is 0 Å². The molecule has 0 bridgehead atoms. The van der Waals surface area contributed by atoms with E-state index in [1.54, 1.807) is 7.11 Å². The highest BCUT2D eigenvalue weighted by atomic mass is 16.5. The molecule has 0 aliphatic rings. The molecule has 0 aliphatic heterocycles. The molecule has 2 aromatic carbocycles. The standard InChI is InChI=1S/C20H23NO3/c1-21(2)13-14-24-20(22)19(15-16-7-5-4-6-8-16)17-9-11-18(23-3)12-10-17/h4-12,15H,13-14H2,1-3H3/b19-15+. The Morgan fingerprint density at radius 3 is 2.29 bits per heavy atom. The lowest BCUT2D eigenvalue weighted by Crippen LogP contribution is -2.20. The minimum Gasteiger partial charge on any atom is -0.497 e. The summed E-state index contributed by atoms with van der Waals surface area (Å²) in [6.07, 6.45) is 1.85. The van der Waals surface area contributed by atoms with Crippen LogP contribution in [0.15, 0.2) is 54.6 Å². The van der Waals surface area contributed by atoms with Gasteiger partial charge in [0.15, 0.2) is 0 Å². The predicted molar refractivity (Wildman–Crippen MR) is 96.8 cm³/mol. The Balaban J connectivity index is 2.26. The summed E-state index contributed by atoms with van der Waals surface area (Å²) in [5.41, 5.74) is 2.28. The Hall–Kier alpha value is -2.59. The molecule has 0 aliphatic carbocycles. The van der Waals surface area contributed by atoms with Gasteiger partial charge in [-0.15, -0.1) is 0 Å². The third-order valence-electron chi connectivity index (χ3n) is 3.50. The van der Waals surface area contributed by atoms with E-state index in [9.17, 15) is 4.79 Å². The van der Waals surface area contributed by atoms with Crippen LogP contribution in [0.1, 0.15) is 11.1 Å². The number of hydrogen-bond acceptors (Lipinski definition) is 4. The van der Waals surface area contributed by atoms with Crippen molar-refractivity contribution < 1.29 is 14.3 Å². The highest BCUT2D eigenvalue weighted by Gasteiger charge is 2.14. The molecule has 4 nitrogen and oxygen atoms in total. The summed E-state index contributed by atoms with van der Waals surface area (Å²) < 4.78 is 10.6. The van der Waals surface area contributed by atoms with Gasteiger partial charge in [-0.2, -0.15) is 0 Å². The average molecular weight is 325 g/mol. The van der Waals surface area contributed by atoms with Crippen molar-refractivity contribution in [1.29, 1.82) is 0 Å². The maximum atomic E-state index is 12.5. The smallest absolute Gasteiger partial charge is 0.338 e. The summed E-state index contributed by atoms with van der Waals surface area (Å²) in [4.78, 5) is 14.5. The fourth-order valence-corrected chi connectivity index (χ4v) is 2.15. The Labute approximate surface area is 143 Å². The normalized spacial score (nSPS) is 11.4. The number of nitrogens with zero attached hydrogens (tertiary/aromatic N) is 1. The fraction of sp³-hybridized carbons (Fsp3) is 0.250. The number of ether oxygens (including phenoxy) is 2. The summed E-state index contributed by atoms with van der Waals surface area (Å²) in [5.74, 6) is 0.421. The maximum Gasteiger partial charge on any atom is 0.338 e. The van der Waals surface area contributed by atoms with Crippen molar-refractivity contribution in [2.24, 2.45) is 0 Å². The van der Waals surface area contributed by atoms with Crippen molar-refractivity contribution >= 4 is 17.6 Å². The Bertz CT molecular complexity index is 676. The van der Waals surface area contributed by atoms with Gasteiger partial charge in [0.25, 0.3) is 0 Å². The topological polar surface area (TPSA) is 38.8 Å². The van der Waals surface area contributed by atoms with Gasteiger partial charge in [0.2, 0.25) is 0 Å². The minimum atomic E-state index is -0.328. The number of methoxy groups -OCH3 is 1. The molecule has 0 spiro atoms. The highest BCUT2D eigenvalue weighted by Crippen LogP contribution is 2.22. The molecule has 24 heavy (non-hydrogen) atoms. The second-order valence-corrected chi connectivity index (χ2v) is 5.64. The Morgan fingerprint density at radius 1 is 1.04 bits per heavy atom. The first-order chi connectivity index (χ1) is 11.6. The van der Waals surface area contributed by atoms with Gasteiger partial charge in [0.1, 0.15) is 12.4 Å². The molecule has 0 amide bonds. The molecule has 0 atom stereocenters. The quantitative estimate of drug-likeness (QED) is 0.445. The summed E-state index contributed by atoms with van der Waals surface area (Å²) in [6.45, 7) is 1.04. The molecule has 0 unspecified atom stereocenters. The third-order valence-corrected chi connectivity index (χ3v) is 3.50. The number of carbonyl (C=O) groups excluding carboxylic acids is 1. The van der Waals surface area contributed by atoms with Crippen LogP contribution in [-0.4, -0.2) is 45.2 Å². The highest BCUT2D eigenvalue weighted by molar-refractivity contribution is 6.21. The first kappa shape index (κ1) is 17.8. The molecule has 0 fully saturated rings. The van der Waals surface area contributed by atoms with Crippen LogP contribution in [0.5, 0.6) is 5.75 Å². The second-order valence-electron chi connectivity index (χ2n) is 5.64. The molecule has 0 saturated heterocycles. The predicted octanol–water partition coefficient (Wildman–Crippen LogP) is 3.34. The van der Waals surface area contributed by atoms with Gasteiger partial charge in [-0.25, -0.2) is 4.79 Å².